The van der Waals surface area contributed by atoms with Gasteiger partial charge in [-0.15, -0.1) is 0 Å². The monoisotopic (exact) mass is 220 g/mol. The lowest BCUT2D eigenvalue weighted by Crippen LogP contribution is -1.98. The summed E-state index contributed by atoms with van der Waals surface area (Å²) < 4.78 is 29.6. The van der Waals surface area contributed by atoms with Crippen molar-refractivity contribution in [1.82, 2.24) is 6.15 Å². The van der Waals surface area contributed by atoms with Crippen molar-refractivity contribution in [3.05, 3.63) is 34.4 Å². The molecule has 7 nitrogen and oxygen atoms in total. The molecule has 0 aliphatic heterocycles. The first-order valence-corrected chi connectivity index (χ1v) is 4.57. The van der Waals surface area contributed by atoms with Crippen LogP contribution in [0.25, 0.3) is 0 Å². The predicted molar refractivity (Wildman–Crippen MR) is 47.9 cm³/mol. The molecule has 0 aromatic heterocycles. The molecule has 0 atom stereocenters. The fraction of sp³-hybridized carbons (Fsp3) is 0. The van der Waals surface area contributed by atoms with Crippen LogP contribution in [0.5, 0.6) is 0 Å². The Morgan fingerprint density at radius 3 is 2.36 bits per heavy atom. The summed E-state index contributed by atoms with van der Waals surface area (Å²) in [6.07, 6.45) is 0. The third-order valence-electron chi connectivity index (χ3n) is 1.33. The van der Waals surface area contributed by atoms with Crippen molar-refractivity contribution in [2.45, 2.75) is 4.90 Å². The first-order chi connectivity index (χ1) is 5.91. The van der Waals surface area contributed by atoms with Gasteiger partial charge in [0.05, 0.1) is 4.92 Å². The molecule has 0 aliphatic carbocycles. The van der Waals surface area contributed by atoms with Gasteiger partial charge in [0.15, 0.2) is 0 Å². The van der Waals surface area contributed by atoms with Crippen molar-refractivity contribution in [2.75, 3.05) is 0 Å². The van der Waals surface area contributed by atoms with Gasteiger partial charge in [0.1, 0.15) is 4.90 Å². The van der Waals surface area contributed by atoms with E-state index in [1.165, 1.54) is 6.07 Å². The van der Waals surface area contributed by atoms with Crippen LogP contribution in [0.4, 0.5) is 5.69 Å². The van der Waals surface area contributed by atoms with Crippen LogP contribution in [0.1, 0.15) is 0 Å². The maximum absolute atomic E-state index is 10.5. The van der Waals surface area contributed by atoms with E-state index in [-0.39, 0.29) is 11.8 Å². The lowest BCUT2D eigenvalue weighted by atomic mass is 10.3. The first-order valence-electron chi connectivity index (χ1n) is 3.13. The summed E-state index contributed by atoms with van der Waals surface area (Å²) in [6.45, 7) is 0. The van der Waals surface area contributed by atoms with Crippen molar-refractivity contribution in [2.24, 2.45) is 0 Å². The van der Waals surface area contributed by atoms with Crippen LogP contribution in [-0.2, 0) is 10.1 Å². The Balaban J connectivity index is 0.00000169. The molecule has 0 spiro atoms. The predicted octanol–water partition coefficient (Wildman–Crippen LogP) is 1.00. The van der Waals surface area contributed by atoms with Crippen molar-refractivity contribution in [1.29, 1.82) is 0 Å². The summed E-state index contributed by atoms with van der Waals surface area (Å²) in [7, 11) is -4.36. The van der Waals surface area contributed by atoms with E-state index in [0.29, 0.717) is 0 Å². The van der Waals surface area contributed by atoms with Gasteiger partial charge < -0.3 is 6.15 Å². The van der Waals surface area contributed by atoms with E-state index in [4.69, 9.17) is 4.55 Å². The minimum atomic E-state index is -4.36. The smallest absolute Gasteiger partial charge is 0.294 e. The molecule has 1 rings (SSSR count). The molecular formula is C6H8N2O5S. The lowest BCUT2D eigenvalue weighted by molar-refractivity contribution is -0.385. The standard InChI is InChI=1S/C6H5NO5S.H3N/c8-7(9)5-2-1-3-6(4-5)13(10,11)12;/h1-4H,(H,10,11,12);1H3. The average Bonchev–Trinajstić information content (AvgIpc) is 2.03. The number of hydrogen-bond acceptors (Lipinski definition) is 5. The van der Waals surface area contributed by atoms with Gasteiger partial charge in [-0.1, -0.05) is 6.07 Å². The molecular weight excluding hydrogens is 212 g/mol. The number of rotatable bonds is 2. The summed E-state index contributed by atoms with van der Waals surface area (Å²) in [4.78, 5) is 8.98. The van der Waals surface area contributed by atoms with Crippen LogP contribution in [0.3, 0.4) is 0 Å². The van der Waals surface area contributed by atoms with Gasteiger partial charge in [-0.3, -0.25) is 14.7 Å². The van der Waals surface area contributed by atoms with E-state index in [1.54, 1.807) is 0 Å². The van der Waals surface area contributed by atoms with E-state index in [2.05, 4.69) is 0 Å². The minimum absolute atomic E-state index is 0. The number of nitro groups is 1. The molecule has 0 fully saturated rings. The Bertz CT molecular complexity index is 441. The highest BCUT2D eigenvalue weighted by molar-refractivity contribution is 7.85. The number of benzene rings is 1. The van der Waals surface area contributed by atoms with Crippen molar-refractivity contribution in [3.63, 3.8) is 0 Å². The van der Waals surface area contributed by atoms with Crippen LogP contribution in [0.15, 0.2) is 29.2 Å². The molecule has 78 valence electrons. The second-order valence-corrected chi connectivity index (χ2v) is 3.65. The van der Waals surface area contributed by atoms with Crippen LogP contribution in [-0.4, -0.2) is 17.9 Å². The van der Waals surface area contributed by atoms with E-state index in [0.717, 1.165) is 18.2 Å². The second kappa shape index (κ2) is 4.13. The molecule has 0 unspecified atom stereocenters. The Labute approximate surface area is 79.8 Å². The second-order valence-electron chi connectivity index (χ2n) is 2.23. The van der Waals surface area contributed by atoms with Crippen LogP contribution < -0.4 is 6.15 Å². The molecule has 4 N–H and O–H groups in total. The van der Waals surface area contributed by atoms with Crippen LogP contribution in [0.2, 0.25) is 0 Å². The molecule has 0 aliphatic rings. The SMILES string of the molecule is N.O=[N+]([O-])c1cccc(S(=O)(=O)O)c1. The lowest BCUT2D eigenvalue weighted by Gasteiger charge is -1.95. The highest BCUT2D eigenvalue weighted by atomic mass is 32.2. The molecule has 0 radical (unpaired) electrons. The maximum atomic E-state index is 10.5. The Morgan fingerprint density at radius 2 is 1.93 bits per heavy atom. The van der Waals surface area contributed by atoms with Gasteiger partial charge in [0, 0.05) is 12.1 Å². The van der Waals surface area contributed by atoms with Gasteiger partial charge in [-0.05, 0) is 6.07 Å². The summed E-state index contributed by atoms with van der Waals surface area (Å²) in [5.41, 5.74) is -0.380. The van der Waals surface area contributed by atoms with Gasteiger partial charge in [0.2, 0.25) is 0 Å². The van der Waals surface area contributed by atoms with Gasteiger partial charge in [-0.2, -0.15) is 8.42 Å². The highest BCUT2D eigenvalue weighted by Gasteiger charge is 2.13. The number of nitro benzene ring substituents is 1. The molecule has 0 saturated carbocycles. The van der Waals surface area contributed by atoms with E-state index >= 15 is 0 Å². The zero-order valence-electron chi connectivity index (χ0n) is 6.95. The Kier molecular flexibility index (Phi) is 3.69. The molecule has 0 saturated heterocycles. The van der Waals surface area contributed by atoms with Crippen LogP contribution in [0, 0.1) is 10.1 Å². The normalized spacial score (nSPS) is 10.4. The molecule has 8 heteroatoms. The number of non-ortho nitro benzene ring substituents is 1. The third kappa shape index (κ3) is 2.76. The fourth-order valence-electron chi connectivity index (χ4n) is 0.758. The maximum Gasteiger partial charge on any atom is 0.294 e. The third-order valence-corrected chi connectivity index (χ3v) is 2.18. The summed E-state index contributed by atoms with van der Waals surface area (Å²) in [5.74, 6) is 0. The molecule has 0 bridgehead atoms. The Hall–Kier alpha value is -1.51. The summed E-state index contributed by atoms with van der Waals surface area (Å²) in [5, 5.41) is 10.2. The number of nitrogens with zero attached hydrogens (tertiary/aromatic N) is 1. The molecule has 1 aromatic carbocycles. The summed E-state index contributed by atoms with van der Waals surface area (Å²) in [6, 6.07) is 4.17. The Morgan fingerprint density at radius 1 is 1.36 bits per heavy atom. The molecule has 1 aromatic rings. The topological polar surface area (TPSA) is 133 Å². The van der Waals surface area contributed by atoms with E-state index in [9.17, 15) is 18.5 Å². The first kappa shape index (κ1) is 12.5. The number of hydrogen-bond donors (Lipinski definition) is 2. The minimum Gasteiger partial charge on any atom is -0.344 e. The van der Waals surface area contributed by atoms with Crippen LogP contribution >= 0.6 is 0 Å². The average molecular weight is 220 g/mol. The van der Waals surface area contributed by atoms with Gasteiger partial charge >= 0.3 is 0 Å². The van der Waals surface area contributed by atoms with Crippen molar-refractivity contribution < 1.29 is 17.9 Å². The highest BCUT2D eigenvalue weighted by Crippen LogP contribution is 2.16. The molecule has 0 heterocycles. The molecule has 0 amide bonds. The molecule has 14 heavy (non-hydrogen) atoms. The van der Waals surface area contributed by atoms with Crippen molar-refractivity contribution >= 4 is 15.8 Å². The van der Waals surface area contributed by atoms with E-state index in [1.807, 2.05) is 0 Å². The van der Waals surface area contributed by atoms with Gasteiger partial charge in [0.25, 0.3) is 15.8 Å². The largest absolute Gasteiger partial charge is 0.344 e. The summed E-state index contributed by atoms with van der Waals surface area (Å²) >= 11 is 0. The zero-order valence-corrected chi connectivity index (χ0v) is 7.77. The fourth-order valence-corrected chi connectivity index (χ4v) is 1.28. The van der Waals surface area contributed by atoms with Crippen molar-refractivity contribution in [3.8, 4) is 0 Å². The quantitative estimate of drug-likeness (QED) is 0.434. The van der Waals surface area contributed by atoms with E-state index < -0.39 is 19.9 Å². The zero-order chi connectivity index (χ0) is 10.1. The van der Waals surface area contributed by atoms with Gasteiger partial charge in [-0.25, -0.2) is 0 Å².